The zero-order chi connectivity index (χ0) is 19.5. The topological polar surface area (TPSA) is 125 Å². The highest BCUT2D eigenvalue weighted by Crippen LogP contribution is 2.26. The molecule has 0 aliphatic rings. The van der Waals surface area contributed by atoms with Crippen LogP contribution in [-0.4, -0.2) is 50.6 Å². The third kappa shape index (κ3) is 5.69. The van der Waals surface area contributed by atoms with E-state index in [2.05, 4.69) is 10.2 Å². The number of amidine groups is 1. The van der Waals surface area contributed by atoms with Gasteiger partial charge in [0, 0.05) is 0 Å². The van der Waals surface area contributed by atoms with E-state index in [-0.39, 0.29) is 19.0 Å². The molecule has 0 saturated carbocycles. The first-order valence-electron chi connectivity index (χ1n) is 7.80. The molecular weight excluding hydrogens is 342 g/mol. The first-order valence-corrected chi connectivity index (χ1v) is 7.80. The van der Waals surface area contributed by atoms with Crippen molar-refractivity contribution in [3.8, 4) is 11.5 Å². The smallest absolute Gasteiger partial charge is 0.349 e. The van der Waals surface area contributed by atoms with Crippen LogP contribution < -0.4 is 15.2 Å². The second-order valence-electron chi connectivity index (χ2n) is 4.68. The molecule has 0 atom stereocenters. The number of benzene rings is 1. The molecule has 0 bridgehead atoms. The van der Waals surface area contributed by atoms with Crippen LogP contribution in [0.25, 0.3) is 0 Å². The zero-order valence-electron chi connectivity index (χ0n) is 15.2. The average Bonchev–Trinajstić information content (AvgIpc) is 2.62. The van der Waals surface area contributed by atoms with Crippen molar-refractivity contribution in [1.82, 2.24) is 0 Å². The van der Waals surface area contributed by atoms with E-state index in [1.165, 1.54) is 20.4 Å². The van der Waals surface area contributed by atoms with Crippen LogP contribution in [0.2, 0.25) is 0 Å². The SMILES string of the molecule is CCOC(=O)C(C(N)=N/N=C/c1ccc(OC)c(OC)c1)=C(O)OCC. The molecule has 1 aromatic rings. The van der Waals surface area contributed by atoms with E-state index in [9.17, 15) is 9.90 Å². The fourth-order valence-electron chi connectivity index (χ4n) is 1.85. The summed E-state index contributed by atoms with van der Waals surface area (Å²) in [5.41, 5.74) is 6.01. The summed E-state index contributed by atoms with van der Waals surface area (Å²) in [6.07, 6.45) is 1.40. The lowest BCUT2D eigenvalue weighted by Gasteiger charge is -2.08. The highest BCUT2D eigenvalue weighted by atomic mass is 16.6. The van der Waals surface area contributed by atoms with Gasteiger partial charge in [-0.1, -0.05) is 0 Å². The predicted octanol–water partition coefficient (Wildman–Crippen LogP) is 1.76. The van der Waals surface area contributed by atoms with E-state index in [4.69, 9.17) is 24.7 Å². The summed E-state index contributed by atoms with van der Waals surface area (Å²) in [5, 5.41) is 17.4. The molecule has 0 saturated heterocycles. The van der Waals surface area contributed by atoms with Crippen LogP contribution in [0.5, 0.6) is 11.5 Å². The lowest BCUT2D eigenvalue weighted by atomic mass is 10.2. The number of carbonyl (C=O) groups is 1. The maximum absolute atomic E-state index is 11.9. The fraction of sp³-hybridized carbons (Fsp3) is 0.353. The number of hydrogen-bond acceptors (Lipinski definition) is 8. The number of esters is 1. The normalized spacial score (nSPS) is 12.5. The van der Waals surface area contributed by atoms with E-state index in [0.29, 0.717) is 17.1 Å². The van der Waals surface area contributed by atoms with Crippen molar-refractivity contribution in [3.63, 3.8) is 0 Å². The van der Waals surface area contributed by atoms with Crippen molar-refractivity contribution >= 4 is 18.0 Å². The maximum Gasteiger partial charge on any atom is 0.349 e. The number of carbonyl (C=O) groups excluding carboxylic acids is 1. The largest absolute Gasteiger partial charge is 0.493 e. The number of methoxy groups -OCH3 is 2. The molecule has 0 heterocycles. The molecule has 0 aliphatic carbocycles. The minimum absolute atomic E-state index is 0.101. The van der Waals surface area contributed by atoms with E-state index in [1.807, 2.05) is 0 Å². The van der Waals surface area contributed by atoms with Gasteiger partial charge in [-0.25, -0.2) is 4.79 Å². The van der Waals surface area contributed by atoms with Crippen LogP contribution in [0.3, 0.4) is 0 Å². The lowest BCUT2D eigenvalue weighted by Crippen LogP contribution is -2.25. The van der Waals surface area contributed by atoms with E-state index in [0.717, 1.165) is 0 Å². The van der Waals surface area contributed by atoms with Crippen molar-refractivity contribution < 1.29 is 28.8 Å². The van der Waals surface area contributed by atoms with Crippen molar-refractivity contribution in [3.05, 3.63) is 35.3 Å². The molecule has 9 nitrogen and oxygen atoms in total. The Morgan fingerprint density at radius 3 is 2.38 bits per heavy atom. The Bertz CT molecular complexity index is 712. The maximum atomic E-state index is 11.9. The van der Waals surface area contributed by atoms with Gasteiger partial charge in [0.05, 0.1) is 33.6 Å². The summed E-state index contributed by atoms with van der Waals surface area (Å²) in [4.78, 5) is 11.9. The van der Waals surface area contributed by atoms with E-state index in [1.54, 1.807) is 32.0 Å². The summed E-state index contributed by atoms with van der Waals surface area (Å²) >= 11 is 0. The molecule has 0 aliphatic heterocycles. The average molecular weight is 365 g/mol. The molecule has 0 spiro atoms. The second-order valence-corrected chi connectivity index (χ2v) is 4.68. The monoisotopic (exact) mass is 365 g/mol. The van der Waals surface area contributed by atoms with Gasteiger partial charge in [-0.3, -0.25) is 0 Å². The van der Waals surface area contributed by atoms with Crippen LogP contribution in [0.4, 0.5) is 0 Å². The minimum atomic E-state index is -0.860. The van der Waals surface area contributed by atoms with Crippen LogP contribution in [0, 0.1) is 0 Å². The minimum Gasteiger partial charge on any atom is -0.493 e. The van der Waals surface area contributed by atoms with Gasteiger partial charge < -0.3 is 29.8 Å². The van der Waals surface area contributed by atoms with Crippen LogP contribution in [0.1, 0.15) is 19.4 Å². The Balaban J connectivity index is 3.07. The van der Waals surface area contributed by atoms with Gasteiger partial charge in [0.1, 0.15) is 0 Å². The van der Waals surface area contributed by atoms with E-state index >= 15 is 0 Å². The lowest BCUT2D eigenvalue weighted by molar-refractivity contribution is -0.138. The fourth-order valence-corrected chi connectivity index (χ4v) is 1.85. The Kier molecular flexibility index (Phi) is 8.48. The third-order valence-electron chi connectivity index (χ3n) is 3.01. The molecule has 3 N–H and O–H groups in total. The highest BCUT2D eigenvalue weighted by molar-refractivity contribution is 6.18. The first-order chi connectivity index (χ1) is 12.5. The van der Waals surface area contributed by atoms with Gasteiger partial charge in [0.25, 0.3) is 5.95 Å². The Morgan fingerprint density at radius 2 is 1.81 bits per heavy atom. The summed E-state index contributed by atoms with van der Waals surface area (Å²) in [5.74, 6) is -0.781. The van der Waals surface area contributed by atoms with Gasteiger partial charge in [0.15, 0.2) is 22.9 Å². The van der Waals surface area contributed by atoms with Crippen molar-refractivity contribution in [2.24, 2.45) is 15.9 Å². The highest BCUT2D eigenvalue weighted by Gasteiger charge is 2.22. The van der Waals surface area contributed by atoms with Crippen molar-refractivity contribution in [2.75, 3.05) is 27.4 Å². The number of rotatable bonds is 9. The second kappa shape index (κ2) is 10.6. The number of aliphatic hydroxyl groups is 1. The molecule has 26 heavy (non-hydrogen) atoms. The number of hydrogen-bond donors (Lipinski definition) is 2. The number of ether oxygens (including phenoxy) is 4. The van der Waals surface area contributed by atoms with E-state index < -0.39 is 17.5 Å². The summed E-state index contributed by atoms with van der Waals surface area (Å²) in [6, 6.07) is 5.13. The number of nitrogens with two attached hydrogens (primary N) is 1. The summed E-state index contributed by atoms with van der Waals surface area (Å²) in [6.45, 7) is 3.50. The molecule has 0 amide bonds. The van der Waals surface area contributed by atoms with Crippen LogP contribution >= 0.6 is 0 Å². The molecule has 1 rings (SSSR count). The van der Waals surface area contributed by atoms with Gasteiger partial charge in [-0.15, -0.1) is 5.10 Å². The molecule has 0 unspecified atom stereocenters. The van der Waals surface area contributed by atoms with Crippen LogP contribution in [-0.2, 0) is 14.3 Å². The summed E-state index contributed by atoms with van der Waals surface area (Å²) < 4.78 is 20.1. The number of nitrogens with zero attached hydrogens (tertiary/aromatic N) is 2. The molecule has 0 aromatic heterocycles. The molecular formula is C17H23N3O6. The Hall–Kier alpha value is -3.23. The predicted molar refractivity (Wildman–Crippen MR) is 96.7 cm³/mol. The molecule has 9 heteroatoms. The van der Waals surface area contributed by atoms with Crippen LogP contribution in [0.15, 0.2) is 39.9 Å². The molecule has 142 valence electrons. The van der Waals surface area contributed by atoms with Crippen molar-refractivity contribution in [1.29, 1.82) is 0 Å². The number of aliphatic hydroxyl groups excluding tert-OH is 1. The summed E-state index contributed by atoms with van der Waals surface area (Å²) in [7, 11) is 3.05. The third-order valence-corrected chi connectivity index (χ3v) is 3.01. The molecule has 1 aromatic carbocycles. The van der Waals surface area contributed by atoms with Crippen molar-refractivity contribution in [2.45, 2.75) is 13.8 Å². The first kappa shape index (κ1) is 20.8. The molecule has 0 radical (unpaired) electrons. The van der Waals surface area contributed by atoms with Gasteiger partial charge in [0.2, 0.25) is 0 Å². The quantitative estimate of drug-likeness (QED) is 0.171. The standard InChI is InChI=1S/C17H23N3O6/c1-5-25-16(21)14(17(22)26-6-2)15(18)20-19-10-11-7-8-12(23-3)13(9-11)24-4/h7-10,21H,5-6H2,1-4H3,(H2,18,20)/b16-14?,19-10+. The van der Waals surface area contributed by atoms with Gasteiger partial charge >= 0.3 is 5.97 Å². The Labute approximate surface area is 151 Å². The molecule has 0 fully saturated rings. The zero-order valence-corrected chi connectivity index (χ0v) is 15.2. The Morgan fingerprint density at radius 1 is 1.15 bits per heavy atom. The van der Waals surface area contributed by atoms with Gasteiger partial charge in [-0.05, 0) is 37.6 Å². The van der Waals surface area contributed by atoms with Gasteiger partial charge in [-0.2, -0.15) is 5.10 Å².